The highest BCUT2D eigenvalue weighted by molar-refractivity contribution is 6.33. The number of rotatable bonds is 2. The quantitative estimate of drug-likeness (QED) is 0.640. The number of carboxylic acids is 1. The minimum absolute atomic E-state index is 0.0579. The first-order valence-electron chi connectivity index (χ1n) is 4.62. The van der Waals surface area contributed by atoms with E-state index in [1.807, 2.05) is 13.8 Å². The number of hydrogen-bond donors (Lipinski definition) is 1. The van der Waals surface area contributed by atoms with Crippen LogP contribution in [0.2, 0.25) is 5.02 Å². The largest absolute Gasteiger partial charge is 0.478 e. The second kappa shape index (κ2) is 6.07. The first kappa shape index (κ1) is 14.4. The fourth-order valence-corrected chi connectivity index (χ4v) is 1.40. The standard InChI is InChI=1S/C8H6ClNO4.C2H6/c1-4-5(8(11)12)2-3-6(9)7(4)10(13)14;1-2/h2-3H,1H3,(H,11,12);1-2H3. The summed E-state index contributed by atoms with van der Waals surface area (Å²) in [5, 5.41) is 19.2. The van der Waals surface area contributed by atoms with Gasteiger partial charge in [0.25, 0.3) is 5.69 Å². The van der Waals surface area contributed by atoms with Crippen LogP contribution in [0, 0.1) is 17.0 Å². The van der Waals surface area contributed by atoms with E-state index in [1.165, 1.54) is 19.1 Å². The highest BCUT2D eigenvalue weighted by Crippen LogP contribution is 2.30. The molecule has 0 unspecified atom stereocenters. The van der Waals surface area contributed by atoms with Gasteiger partial charge < -0.3 is 5.11 Å². The predicted molar refractivity (Wildman–Crippen MR) is 61.2 cm³/mol. The van der Waals surface area contributed by atoms with Crippen LogP contribution in [0.1, 0.15) is 29.8 Å². The van der Waals surface area contributed by atoms with E-state index in [0.717, 1.165) is 0 Å². The molecule has 1 aromatic carbocycles. The lowest BCUT2D eigenvalue weighted by atomic mass is 10.1. The number of aromatic carboxylic acids is 1. The molecule has 1 aromatic rings. The van der Waals surface area contributed by atoms with Crippen molar-refractivity contribution in [3.63, 3.8) is 0 Å². The fourth-order valence-electron chi connectivity index (χ4n) is 1.12. The number of halogens is 1. The Morgan fingerprint density at radius 2 is 1.94 bits per heavy atom. The van der Waals surface area contributed by atoms with Crippen molar-refractivity contribution in [3.8, 4) is 0 Å². The molecule has 88 valence electrons. The van der Waals surface area contributed by atoms with Crippen molar-refractivity contribution in [1.29, 1.82) is 0 Å². The van der Waals surface area contributed by atoms with Gasteiger partial charge in [-0.2, -0.15) is 0 Å². The van der Waals surface area contributed by atoms with Crippen LogP contribution >= 0.6 is 11.6 Å². The SMILES string of the molecule is CC.Cc1c(C(=O)O)ccc(Cl)c1[N+](=O)[O-]. The lowest BCUT2D eigenvalue weighted by molar-refractivity contribution is -0.385. The molecule has 0 aliphatic heterocycles. The Morgan fingerprint density at radius 3 is 2.31 bits per heavy atom. The van der Waals surface area contributed by atoms with Crippen molar-refractivity contribution < 1.29 is 14.8 Å². The highest BCUT2D eigenvalue weighted by Gasteiger charge is 2.21. The van der Waals surface area contributed by atoms with Crippen molar-refractivity contribution in [2.24, 2.45) is 0 Å². The first-order chi connectivity index (χ1) is 7.45. The maximum atomic E-state index is 10.6. The van der Waals surface area contributed by atoms with E-state index in [1.54, 1.807) is 0 Å². The van der Waals surface area contributed by atoms with E-state index < -0.39 is 10.9 Å². The molecule has 0 aliphatic carbocycles. The van der Waals surface area contributed by atoms with Gasteiger partial charge >= 0.3 is 5.97 Å². The summed E-state index contributed by atoms with van der Waals surface area (Å²) in [5.41, 5.74) is -0.400. The number of benzene rings is 1. The van der Waals surface area contributed by atoms with Gasteiger partial charge in [0, 0.05) is 5.56 Å². The van der Waals surface area contributed by atoms with Gasteiger partial charge in [-0.05, 0) is 19.1 Å². The van der Waals surface area contributed by atoms with Crippen LogP contribution in [0.5, 0.6) is 0 Å². The molecule has 0 spiro atoms. The van der Waals surface area contributed by atoms with Gasteiger partial charge in [-0.3, -0.25) is 10.1 Å². The lowest BCUT2D eigenvalue weighted by Crippen LogP contribution is -2.03. The van der Waals surface area contributed by atoms with Crippen LogP contribution in [0.3, 0.4) is 0 Å². The molecule has 0 bridgehead atoms. The first-order valence-corrected chi connectivity index (χ1v) is 4.99. The summed E-state index contributed by atoms with van der Waals surface area (Å²) in [6.45, 7) is 5.35. The maximum Gasteiger partial charge on any atom is 0.336 e. The average Bonchev–Trinajstić information content (AvgIpc) is 2.19. The molecule has 0 fully saturated rings. The van der Waals surface area contributed by atoms with Gasteiger partial charge in [-0.25, -0.2) is 4.79 Å². The Morgan fingerprint density at radius 1 is 1.44 bits per heavy atom. The Labute approximate surface area is 97.8 Å². The molecular weight excluding hydrogens is 234 g/mol. The minimum atomic E-state index is -1.21. The van der Waals surface area contributed by atoms with Gasteiger partial charge in [0.05, 0.1) is 10.5 Å². The predicted octanol–water partition coefficient (Wildman–Crippen LogP) is 3.28. The van der Waals surface area contributed by atoms with Gasteiger partial charge in [0.2, 0.25) is 0 Å². The van der Waals surface area contributed by atoms with Crippen molar-refractivity contribution in [3.05, 3.63) is 38.4 Å². The van der Waals surface area contributed by atoms with Crippen LogP contribution in [-0.2, 0) is 0 Å². The summed E-state index contributed by atoms with van der Waals surface area (Å²) in [6, 6.07) is 2.45. The average molecular weight is 246 g/mol. The van der Waals surface area contributed by atoms with E-state index in [0.29, 0.717) is 0 Å². The minimum Gasteiger partial charge on any atom is -0.478 e. The Balaban J connectivity index is 0.00000106. The summed E-state index contributed by atoms with van der Waals surface area (Å²) >= 11 is 5.57. The number of nitro groups is 1. The Hall–Kier alpha value is -1.62. The Bertz CT molecular complexity index is 418. The molecule has 0 saturated heterocycles. The molecule has 0 atom stereocenters. The summed E-state index contributed by atoms with van der Waals surface area (Å²) in [4.78, 5) is 20.5. The molecule has 1 rings (SSSR count). The monoisotopic (exact) mass is 245 g/mol. The lowest BCUT2D eigenvalue weighted by Gasteiger charge is -2.02. The van der Waals surface area contributed by atoms with Gasteiger partial charge in [-0.1, -0.05) is 25.4 Å². The van der Waals surface area contributed by atoms with E-state index in [4.69, 9.17) is 16.7 Å². The fraction of sp³-hybridized carbons (Fsp3) is 0.300. The van der Waals surface area contributed by atoms with Crippen molar-refractivity contribution in [1.82, 2.24) is 0 Å². The molecule has 5 nitrogen and oxygen atoms in total. The van der Waals surface area contributed by atoms with Gasteiger partial charge in [0.1, 0.15) is 5.02 Å². The third kappa shape index (κ3) is 2.93. The number of hydrogen-bond acceptors (Lipinski definition) is 3. The summed E-state index contributed by atoms with van der Waals surface area (Å²) < 4.78 is 0. The number of carbonyl (C=O) groups is 1. The summed E-state index contributed by atoms with van der Waals surface area (Å²) in [6.07, 6.45) is 0. The second-order valence-electron chi connectivity index (χ2n) is 2.63. The van der Waals surface area contributed by atoms with Gasteiger partial charge in [0.15, 0.2) is 0 Å². The zero-order valence-electron chi connectivity index (χ0n) is 9.15. The molecule has 0 aromatic heterocycles. The molecule has 6 heteroatoms. The molecule has 0 amide bonds. The van der Waals surface area contributed by atoms with Crippen LogP contribution in [0.4, 0.5) is 5.69 Å². The number of nitro benzene ring substituents is 1. The molecule has 0 aliphatic rings. The topological polar surface area (TPSA) is 80.4 Å². The molecule has 0 saturated carbocycles. The highest BCUT2D eigenvalue weighted by atomic mass is 35.5. The zero-order valence-corrected chi connectivity index (χ0v) is 9.91. The van der Waals surface area contributed by atoms with Crippen molar-refractivity contribution in [2.45, 2.75) is 20.8 Å². The van der Waals surface area contributed by atoms with E-state index in [-0.39, 0.29) is 21.8 Å². The van der Waals surface area contributed by atoms with Crippen LogP contribution in [0.25, 0.3) is 0 Å². The van der Waals surface area contributed by atoms with E-state index in [9.17, 15) is 14.9 Å². The molecule has 1 N–H and O–H groups in total. The van der Waals surface area contributed by atoms with E-state index >= 15 is 0 Å². The van der Waals surface area contributed by atoms with Gasteiger partial charge in [-0.15, -0.1) is 0 Å². The third-order valence-electron chi connectivity index (χ3n) is 1.79. The smallest absolute Gasteiger partial charge is 0.336 e. The van der Waals surface area contributed by atoms with Crippen LogP contribution in [-0.4, -0.2) is 16.0 Å². The third-order valence-corrected chi connectivity index (χ3v) is 2.10. The normalized spacial score (nSPS) is 9.00. The van der Waals surface area contributed by atoms with Crippen LogP contribution < -0.4 is 0 Å². The molecule has 0 radical (unpaired) electrons. The van der Waals surface area contributed by atoms with Crippen molar-refractivity contribution >= 4 is 23.3 Å². The summed E-state index contributed by atoms with van der Waals surface area (Å²) in [5.74, 6) is -1.21. The second-order valence-corrected chi connectivity index (χ2v) is 3.04. The number of nitrogens with zero attached hydrogens (tertiary/aromatic N) is 1. The molecular formula is C10H12ClNO4. The Kier molecular flexibility index (Phi) is 5.46. The van der Waals surface area contributed by atoms with Crippen LogP contribution in [0.15, 0.2) is 12.1 Å². The summed E-state index contributed by atoms with van der Waals surface area (Å²) in [7, 11) is 0. The maximum absolute atomic E-state index is 10.6. The molecule has 0 heterocycles. The number of carboxylic acid groups (broad SMARTS) is 1. The zero-order chi connectivity index (χ0) is 12.9. The van der Waals surface area contributed by atoms with E-state index in [2.05, 4.69) is 0 Å². The molecule has 16 heavy (non-hydrogen) atoms. The van der Waals surface area contributed by atoms with Crippen molar-refractivity contribution in [2.75, 3.05) is 0 Å².